The number of rotatable bonds is 5. The van der Waals surface area contributed by atoms with E-state index in [-0.39, 0.29) is 0 Å². The standard InChI is InChI=1S/C13H16ClN3O/c1-10-4-3-5-11(8-10)9-17(2)13-16-15-12(18-13)6-7-14/h3-5,8H,6-7,9H2,1-2H3. The van der Waals surface area contributed by atoms with Crippen LogP contribution in [0.3, 0.4) is 0 Å². The molecule has 2 aromatic rings. The van der Waals surface area contributed by atoms with E-state index in [1.165, 1.54) is 11.1 Å². The zero-order chi connectivity index (χ0) is 13.0. The molecule has 0 saturated heterocycles. The van der Waals surface area contributed by atoms with Crippen molar-refractivity contribution >= 4 is 17.6 Å². The molecule has 0 aliphatic carbocycles. The first-order valence-electron chi connectivity index (χ1n) is 5.84. The molecule has 4 nitrogen and oxygen atoms in total. The van der Waals surface area contributed by atoms with Crippen LogP contribution in [0.15, 0.2) is 28.7 Å². The lowest BCUT2D eigenvalue weighted by atomic mass is 10.1. The Bertz CT molecular complexity index is 512. The van der Waals surface area contributed by atoms with Crippen LogP contribution in [-0.2, 0) is 13.0 Å². The number of alkyl halides is 1. The Kier molecular flexibility index (Phi) is 4.20. The van der Waals surface area contributed by atoms with E-state index < -0.39 is 0 Å². The molecule has 0 N–H and O–H groups in total. The Balaban J connectivity index is 2.04. The predicted octanol–water partition coefficient (Wildman–Crippen LogP) is 2.80. The molecule has 0 atom stereocenters. The molecule has 0 bridgehead atoms. The fraction of sp³-hybridized carbons (Fsp3) is 0.385. The minimum absolute atomic E-state index is 0.489. The minimum Gasteiger partial charge on any atom is -0.408 e. The minimum atomic E-state index is 0.489. The molecule has 0 unspecified atom stereocenters. The highest BCUT2D eigenvalue weighted by atomic mass is 35.5. The van der Waals surface area contributed by atoms with E-state index in [0.717, 1.165) is 6.54 Å². The van der Waals surface area contributed by atoms with Gasteiger partial charge in [0.05, 0.1) is 0 Å². The van der Waals surface area contributed by atoms with Crippen molar-refractivity contribution in [1.82, 2.24) is 10.2 Å². The molecule has 5 heteroatoms. The van der Waals surface area contributed by atoms with Crippen LogP contribution in [0.25, 0.3) is 0 Å². The van der Waals surface area contributed by atoms with Crippen LogP contribution in [0.4, 0.5) is 6.01 Å². The SMILES string of the molecule is Cc1cccc(CN(C)c2nnc(CCCl)o2)c1. The van der Waals surface area contributed by atoms with E-state index >= 15 is 0 Å². The molecule has 18 heavy (non-hydrogen) atoms. The maximum Gasteiger partial charge on any atom is 0.318 e. The number of benzene rings is 1. The summed E-state index contributed by atoms with van der Waals surface area (Å²) < 4.78 is 5.51. The zero-order valence-corrected chi connectivity index (χ0v) is 11.3. The maximum atomic E-state index is 5.63. The van der Waals surface area contributed by atoms with Gasteiger partial charge in [-0.05, 0) is 12.5 Å². The Labute approximate surface area is 112 Å². The van der Waals surface area contributed by atoms with E-state index in [1.54, 1.807) is 0 Å². The molecule has 0 aliphatic heterocycles. The smallest absolute Gasteiger partial charge is 0.318 e. The first kappa shape index (κ1) is 12.9. The highest BCUT2D eigenvalue weighted by Gasteiger charge is 2.10. The van der Waals surface area contributed by atoms with Crippen LogP contribution in [0, 0.1) is 6.92 Å². The summed E-state index contributed by atoms with van der Waals surface area (Å²) in [6.45, 7) is 2.82. The average molecular weight is 266 g/mol. The summed E-state index contributed by atoms with van der Waals surface area (Å²) in [5.74, 6) is 1.07. The third-order valence-corrected chi connectivity index (χ3v) is 2.78. The molecule has 0 saturated carbocycles. The third kappa shape index (κ3) is 3.23. The lowest BCUT2D eigenvalue weighted by Crippen LogP contribution is -2.16. The number of aryl methyl sites for hydroxylation is 2. The summed E-state index contributed by atoms with van der Waals surface area (Å²) in [7, 11) is 1.93. The summed E-state index contributed by atoms with van der Waals surface area (Å²) in [5.41, 5.74) is 2.46. The van der Waals surface area contributed by atoms with Gasteiger partial charge in [-0.25, -0.2) is 0 Å². The zero-order valence-electron chi connectivity index (χ0n) is 10.6. The topological polar surface area (TPSA) is 42.2 Å². The summed E-state index contributed by atoms with van der Waals surface area (Å²) in [4.78, 5) is 1.93. The second kappa shape index (κ2) is 5.87. The van der Waals surface area contributed by atoms with Crippen LogP contribution in [0.1, 0.15) is 17.0 Å². The van der Waals surface area contributed by atoms with Gasteiger partial charge in [-0.3, -0.25) is 0 Å². The van der Waals surface area contributed by atoms with Crippen LogP contribution < -0.4 is 4.90 Å². The Morgan fingerprint density at radius 3 is 2.89 bits per heavy atom. The molecular weight excluding hydrogens is 250 g/mol. The molecule has 0 fully saturated rings. The van der Waals surface area contributed by atoms with Crippen LogP contribution in [-0.4, -0.2) is 23.1 Å². The summed E-state index contributed by atoms with van der Waals surface area (Å²) >= 11 is 5.63. The van der Waals surface area contributed by atoms with Crippen molar-refractivity contribution in [2.24, 2.45) is 0 Å². The number of halogens is 1. The number of anilines is 1. The van der Waals surface area contributed by atoms with Crippen molar-refractivity contribution in [3.05, 3.63) is 41.3 Å². The molecule has 1 heterocycles. The van der Waals surface area contributed by atoms with E-state index in [9.17, 15) is 0 Å². The monoisotopic (exact) mass is 265 g/mol. The molecule has 2 rings (SSSR count). The molecule has 1 aromatic carbocycles. The van der Waals surface area contributed by atoms with Crippen LogP contribution >= 0.6 is 11.6 Å². The van der Waals surface area contributed by atoms with E-state index in [1.807, 2.05) is 18.0 Å². The number of hydrogen-bond acceptors (Lipinski definition) is 4. The van der Waals surface area contributed by atoms with Crippen molar-refractivity contribution in [3.8, 4) is 0 Å². The van der Waals surface area contributed by atoms with Gasteiger partial charge in [-0.2, -0.15) is 0 Å². The third-order valence-electron chi connectivity index (χ3n) is 2.59. The fourth-order valence-electron chi connectivity index (χ4n) is 1.73. The van der Waals surface area contributed by atoms with Crippen molar-refractivity contribution in [2.45, 2.75) is 19.9 Å². The summed E-state index contributed by atoms with van der Waals surface area (Å²) in [6.07, 6.45) is 0.604. The first-order valence-corrected chi connectivity index (χ1v) is 6.37. The largest absolute Gasteiger partial charge is 0.408 e. The van der Waals surface area contributed by atoms with E-state index in [2.05, 4.69) is 35.3 Å². The quantitative estimate of drug-likeness (QED) is 0.780. The van der Waals surface area contributed by atoms with E-state index in [0.29, 0.717) is 24.2 Å². The van der Waals surface area contributed by atoms with Crippen LogP contribution in [0.5, 0.6) is 0 Å². The van der Waals surface area contributed by atoms with Gasteiger partial charge in [0.25, 0.3) is 0 Å². The molecular formula is C13H16ClN3O. The van der Waals surface area contributed by atoms with Gasteiger partial charge in [0.15, 0.2) is 0 Å². The maximum absolute atomic E-state index is 5.63. The first-order chi connectivity index (χ1) is 8.69. The van der Waals surface area contributed by atoms with Crippen molar-refractivity contribution in [1.29, 1.82) is 0 Å². The number of aromatic nitrogens is 2. The highest BCUT2D eigenvalue weighted by molar-refractivity contribution is 6.17. The fourth-order valence-corrected chi connectivity index (χ4v) is 1.89. The Hall–Kier alpha value is -1.55. The average Bonchev–Trinajstić information content (AvgIpc) is 2.78. The molecule has 96 valence electrons. The second-order valence-electron chi connectivity index (χ2n) is 4.26. The molecule has 0 amide bonds. The van der Waals surface area contributed by atoms with Gasteiger partial charge in [-0.15, -0.1) is 16.7 Å². The molecule has 0 aliphatic rings. The van der Waals surface area contributed by atoms with Gasteiger partial charge in [0, 0.05) is 25.9 Å². The van der Waals surface area contributed by atoms with Crippen molar-refractivity contribution in [2.75, 3.05) is 17.8 Å². The molecule has 0 spiro atoms. The normalized spacial score (nSPS) is 10.6. The van der Waals surface area contributed by atoms with Gasteiger partial charge in [-0.1, -0.05) is 34.9 Å². The molecule has 1 aromatic heterocycles. The summed E-state index contributed by atoms with van der Waals surface area (Å²) in [5, 5.41) is 7.95. The van der Waals surface area contributed by atoms with Gasteiger partial charge < -0.3 is 9.32 Å². The Morgan fingerprint density at radius 2 is 2.17 bits per heavy atom. The van der Waals surface area contributed by atoms with Crippen LogP contribution in [0.2, 0.25) is 0 Å². The van der Waals surface area contributed by atoms with Crippen molar-refractivity contribution in [3.63, 3.8) is 0 Å². The lowest BCUT2D eigenvalue weighted by molar-refractivity contribution is 0.495. The number of hydrogen-bond donors (Lipinski definition) is 0. The van der Waals surface area contributed by atoms with E-state index in [4.69, 9.17) is 16.0 Å². The lowest BCUT2D eigenvalue weighted by Gasteiger charge is -2.14. The predicted molar refractivity (Wildman–Crippen MR) is 72.0 cm³/mol. The second-order valence-corrected chi connectivity index (χ2v) is 4.64. The molecule has 0 radical (unpaired) electrons. The Morgan fingerprint density at radius 1 is 1.33 bits per heavy atom. The van der Waals surface area contributed by atoms with Gasteiger partial charge >= 0.3 is 6.01 Å². The summed E-state index contributed by atoms with van der Waals surface area (Å²) in [6, 6.07) is 8.88. The van der Waals surface area contributed by atoms with Gasteiger partial charge in [0.2, 0.25) is 5.89 Å². The highest BCUT2D eigenvalue weighted by Crippen LogP contribution is 2.15. The number of nitrogens with zero attached hydrogens (tertiary/aromatic N) is 3. The van der Waals surface area contributed by atoms with Gasteiger partial charge in [0.1, 0.15) is 0 Å². The van der Waals surface area contributed by atoms with Crippen molar-refractivity contribution < 1.29 is 4.42 Å².